The van der Waals surface area contributed by atoms with Crippen LogP contribution in [0.25, 0.3) is 17.0 Å². The number of benzene rings is 2. The summed E-state index contributed by atoms with van der Waals surface area (Å²) in [6, 6.07) is 12.9. The van der Waals surface area contributed by atoms with E-state index in [2.05, 4.69) is 17.6 Å². The van der Waals surface area contributed by atoms with Gasteiger partial charge in [-0.25, -0.2) is 4.79 Å². The number of allylic oxidation sites excluding steroid dienone is 1. The lowest BCUT2D eigenvalue weighted by atomic mass is 10.1. The molecular formula is C24H21NO5. The number of esters is 1. The number of hydrogen-bond donors (Lipinski definition) is 0. The first kappa shape index (κ1) is 18.6. The lowest BCUT2D eigenvalue weighted by Crippen LogP contribution is -2.24. The molecule has 1 saturated heterocycles. The molecule has 1 atom stereocenters. The number of carbonyl (C=O) groups is 2. The summed E-state index contributed by atoms with van der Waals surface area (Å²) in [5, 5.41) is 1.06. The Kier molecular flexibility index (Phi) is 4.64. The smallest absolute Gasteiger partial charge is 0.340 e. The number of fused-ring (bicyclic) bond motifs is 2. The van der Waals surface area contributed by atoms with Crippen LogP contribution < -0.4 is 9.47 Å². The van der Waals surface area contributed by atoms with E-state index in [0.717, 1.165) is 29.4 Å². The van der Waals surface area contributed by atoms with Crippen molar-refractivity contribution in [1.82, 2.24) is 4.57 Å². The molecular weight excluding hydrogens is 382 g/mol. The first-order valence-electron chi connectivity index (χ1n) is 10.1. The third-order valence-corrected chi connectivity index (χ3v) is 5.50. The highest BCUT2D eigenvalue weighted by Crippen LogP contribution is 2.36. The minimum atomic E-state index is -0.521. The monoisotopic (exact) mass is 403 g/mol. The van der Waals surface area contributed by atoms with Crippen LogP contribution >= 0.6 is 0 Å². The van der Waals surface area contributed by atoms with E-state index in [4.69, 9.17) is 14.2 Å². The van der Waals surface area contributed by atoms with Crippen molar-refractivity contribution >= 4 is 28.7 Å². The highest BCUT2D eigenvalue weighted by molar-refractivity contribution is 6.15. The molecule has 6 nitrogen and oxygen atoms in total. The summed E-state index contributed by atoms with van der Waals surface area (Å²) in [7, 11) is 0. The maximum Gasteiger partial charge on any atom is 0.340 e. The van der Waals surface area contributed by atoms with Crippen LogP contribution in [0.1, 0.15) is 35.7 Å². The van der Waals surface area contributed by atoms with Gasteiger partial charge in [-0.2, -0.15) is 0 Å². The lowest BCUT2D eigenvalue weighted by Gasteiger charge is -2.09. The van der Waals surface area contributed by atoms with Crippen LogP contribution in [0.2, 0.25) is 0 Å². The van der Waals surface area contributed by atoms with Crippen LogP contribution in [0.4, 0.5) is 0 Å². The van der Waals surface area contributed by atoms with E-state index >= 15 is 0 Å². The van der Waals surface area contributed by atoms with Gasteiger partial charge in [-0.05, 0) is 44.0 Å². The van der Waals surface area contributed by atoms with Gasteiger partial charge in [-0.15, -0.1) is 0 Å². The van der Waals surface area contributed by atoms with Crippen molar-refractivity contribution < 1.29 is 23.8 Å². The van der Waals surface area contributed by atoms with Gasteiger partial charge in [0, 0.05) is 41.9 Å². The summed E-state index contributed by atoms with van der Waals surface area (Å²) >= 11 is 0. The molecule has 3 heterocycles. The number of aromatic nitrogens is 1. The molecule has 0 N–H and O–H groups in total. The van der Waals surface area contributed by atoms with Crippen molar-refractivity contribution in [2.75, 3.05) is 6.61 Å². The van der Waals surface area contributed by atoms with E-state index in [9.17, 15) is 9.59 Å². The minimum Gasteiger partial charge on any atom is -0.452 e. The Labute approximate surface area is 173 Å². The largest absolute Gasteiger partial charge is 0.452 e. The molecule has 1 fully saturated rings. The summed E-state index contributed by atoms with van der Waals surface area (Å²) in [6.07, 6.45) is 4.79. The SMILES string of the molecule is CCn1cc(/C=C2\Oc3cc(OC(=O)C4CCCO4)ccc3C2=O)c2ccccc21. The molecule has 0 amide bonds. The molecule has 0 aliphatic carbocycles. The number of ether oxygens (including phenoxy) is 3. The van der Waals surface area contributed by atoms with Crippen LogP contribution in [0.15, 0.2) is 54.4 Å². The van der Waals surface area contributed by atoms with Crippen LogP contribution in [0.3, 0.4) is 0 Å². The number of carbonyl (C=O) groups excluding carboxylic acids is 2. The Bertz CT molecular complexity index is 1180. The Hall–Kier alpha value is -3.38. The Morgan fingerprint density at radius 2 is 2.13 bits per heavy atom. The van der Waals surface area contributed by atoms with E-state index in [1.807, 2.05) is 24.4 Å². The van der Waals surface area contributed by atoms with E-state index in [1.165, 1.54) is 0 Å². The summed E-state index contributed by atoms with van der Waals surface area (Å²) in [4.78, 5) is 25.0. The molecule has 3 aromatic rings. The van der Waals surface area contributed by atoms with Crippen molar-refractivity contribution in [2.45, 2.75) is 32.4 Å². The predicted octanol–water partition coefficient (Wildman–Crippen LogP) is 4.36. The second kappa shape index (κ2) is 7.46. The average Bonchev–Trinajstić information content (AvgIpc) is 3.48. The van der Waals surface area contributed by atoms with E-state index in [0.29, 0.717) is 30.1 Å². The summed E-state index contributed by atoms with van der Waals surface area (Å²) in [6.45, 7) is 3.48. The molecule has 0 bridgehead atoms. The number of hydrogen-bond acceptors (Lipinski definition) is 5. The van der Waals surface area contributed by atoms with Gasteiger partial charge in [0.2, 0.25) is 5.78 Å². The van der Waals surface area contributed by atoms with Gasteiger partial charge in [0.05, 0.1) is 5.56 Å². The molecule has 2 aliphatic rings. The molecule has 0 radical (unpaired) electrons. The predicted molar refractivity (Wildman–Crippen MR) is 112 cm³/mol. The Balaban J connectivity index is 1.42. The zero-order valence-electron chi connectivity index (χ0n) is 16.6. The number of rotatable bonds is 4. The molecule has 0 saturated carbocycles. The minimum absolute atomic E-state index is 0.185. The first-order valence-corrected chi connectivity index (χ1v) is 10.1. The van der Waals surface area contributed by atoms with Crippen molar-refractivity contribution in [3.63, 3.8) is 0 Å². The third kappa shape index (κ3) is 3.19. The van der Waals surface area contributed by atoms with Gasteiger partial charge in [-0.3, -0.25) is 4.79 Å². The zero-order chi connectivity index (χ0) is 20.7. The fraction of sp³-hybridized carbons (Fsp3) is 0.250. The van der Waals surface area contributed by atoms with E-state index in [-0.39, 0.29) is 11.5 Å². The molecule has 0 spiro atoms. The highest BCUT2D eigenvalue weighted by atomic mass is 16.6. The van der Waals surface area contributed by atoms with E-state index in [1.54, 1.807) is 24.3 Å². The molecule has 30 heavy (non-hydrogen) atoms. The van der Waals surface area contributed by atoms with Crippen molar-refractivity contribution in [1.29, 1.82) is 0 Å². The number of nitrogens with zero attached hydrogens (tertiary/aromatic N) is 1. The van der Waals surface area contributed by atoms with Crippen LogP contribution in [-0.4, -0.2) is 29.0 Å². The van der Waals surface area contributed by atoms with Crippen molar-refractivity contribution in [3.05, 3.63) is 65.5 Å². The second-order valence-electron chi connectivity index (χ2n) is 7.41. The quantitative estimate of drug-likeness (QED) is 0.368. The van der Waals surface area contributed by atoms with Crippen LogP contribution in [0.5, 0.6) is 11.5 Å². The number of ketones is 1. The maximum atomic E-state index is 12.8. The third-order valence-electron chi connectivity index (χ3n) is 5.50. The van der Waals surface area contributed by atoms with Gasteiger partial charge < -0.3 is 18.8 Å². The van der Waals surface area contributed by atoms with Gasteiger partial charge in [0.15, 0.2) is 11.9 Å². The molecule has 2 aliphatic heterocycles. The van der Waals surface area contributed by atoms with Gasteiger partial charge in [-0.1, -0.05) is 18.2 Å². The fourth-order valence-electron chi connectivity index (χ4n) is 3.97. The first-order chi connectivity index (χ1) is 14.6. The van der Waals surface area contributed by atoms with Crippen molar-refractivity contribution in [3.8, 4) is 11.5 Å². The molecule has 2 aromatic carbocycles. The molecule has 1 unspecified atom stereocenters. The number of aryl methyl sites for hydroxylation is 1. The lowest BCUT2D eigenvalue weighted by molar-refractivity contribution is -0.144. The topological polar surface area (TPSA) is 66.8 Å². The van der Waals surface area contributed by atoms with E-state index < -0.39 is 12.1 Å². The summed E-state index contributed by atoms with van der Waals surface area (Å²) in [5.41, 5.74) is 2.49. The fourth-order valence-corrected chi connectivity index (χ4v) is 3.97. The van der Waals surface area contributed by atoms with Gasteiger partial charge in [0.25, 0.3) is 0 Å². The maximum absolute atomic E-state index is 12.8. The average molecular weight is 403 g/mol. The standard InChI is InChI=1S/C24H21NO5/c1-2-25-14-15(17-6-3-4-7-19(17)25)12-22-23(26)18-10-9-16(13-21(18)30-22)29-24(27)20-8-5-11-28-20/h3-4,6-7,9-10,12-14,20H,2,5,8,11H2,1H3/b22-12-. The highest BCUT2D eigenvalue weighted by Gasteiger charge is 2.30. The zero-order valence-corrected chi connectivity index (χ0v) is 16.6. The molecule has 6 heteroatoms. The van der Waals surface area contributed by atoms with Gasteiger partial charge >= 0.3 is 5.97 Å². The molecule has 1 aromatic heterocycles. The number of Topliss-reactive ketones (excluding diaryl/α,β-unsaturated/α-hetero) is 1. The molecule has 5 rings (SSSR count). The summed E-state index contributed by atoms with van der Waals surface area (Å²) in [5.74, 6) is 0.385. The van der Waals surface area contributed by atoms with Crippen LogP contribution in [0, 0.1) is 0 Å². The van der Waals surface area contributed by atoms with Crippen molar-refractivity contribution in [2.24, 2.45) is 0 Å². The second-order valence-corrected chi connectivity index (χ2v) is 7.41. The Morgan fingerprint density at radius 1 is 1.27 bits per heavy atom. The normalized spacial score (nSPS) is 19.3. The summed E-state index contributed by atoms with van der Waals surface area (Å²) < 4.78 is 18.7. The van der Waals surface area contributed by atoms with Crippen LogP contribution in [-0.2, 0) is 16.1 Å². The Morgan fingerprint density at radius 3 is 2.93 bits per heavy atom. The van der Waals surface area contributed by atoms with Gasteiger partial charge in [0.1, 0.15) is 11.5 Å². The molecule has 152 valence electrons. The number of para-hydroxylation sites is 1.